The lowest BCUT2D eigenvalue weighted by atomic mass is 9.95. The van der Waals surface area contributed by atoms with Crippen molar-refractivity contribution in [1.82, 2.24) is 10.2 Å². The summed E-state index contributed by atoms with van der Waals surface area (Å²) in [7, 11) is -2.80. The molecule has 0 saturated carbocycles. The van der Waals surface area contributed by atoms with Crippen molar-refractivity contribution < 1.29 is 8.42 Å². The largest absolute Gasteiger partial charge is 0.311 e. The number of rotatable bonds is 4. The highest BCUT2D eigenvalue weighted by Crippen LogP contribution is 2.32. The zero-order valence-electron chi connectivity index (χ0n) is 12.6. The third-order valence-corrected chi connectivity index (χ3v) is 7.11. The van der Waals surface area contributed by atoms with Crippen LogP contribution in [0.5, 0.6) is 0 Å². The topological polar surface area (TPSA) is 49.4 Å². The van der Waals surface area contributed by atoms with Gasteiger partial charge in [-0.05, 0) is 51.5 Å². The van der Waals surface area contributed by atoms with Crippen molar-refractivity contribution in [3.05, 3.63) is 0 Å². The Morgan fingerprint density at radius 3 is 2.40 bits per heavy atom. The average Bonchev–Trinajstić information content (AvgIpc) is 2.73. The number of fused-ring (bicyclic) bond motifs is 2. The van der Waals surface area contributed by atoms with Crippen molar-refractivity contribution in [3.8, 4) is 0 Å². The quantitative estimate of drug-likeness (QED) is 0.856. The van der Waals surface area contributed by atoms with Crippen LogP contribution in [0.2, 0.25) is 0 Å². The minimum atomic E-state index is -2.80. The van der Waals surface area contributed by atoms with E-state index in [1.807, 2.05) is 0 Å². The minimum Gasteiger partial charge on any atom is -0.311 e. The van der Waals surface area contributed by atoms with Gasteiger partial charge in [-0.2, -0.15) is 0 Å². The summed E-state index contributed by atoms with van der Waals surface area (Å²) in [5.74, 6) is 0.799. The molecular weight excluding hydrogens is 272 g/mol. The van der Waals surface area contributed by atoms with Crippen LogP contribution in [-0.4, -0.2) is 55.5 Å². The normalized spacial score (nSPS) is 40.1. The maximum absolute atomic E-state index is 12.0. The minimum absolute atomic E-state index is 0.274. The number of nitrogens with one attached hydrogen (secondary N) is 1. The summed E-state index contributed by atoms with van der Waals surface area (Å²) < 4.78 is 23.9. The van der Waals surface area contributed by atoms with Crippen LogP contribution < -0.4 is 5.32 Å². The van der Waals surface area contributed by atoms with Gasteiger partial charge in [0.25, 0.3) is 0 Å². The highest BCUT2D eigenvalue weighted by atomic mass is 32.2. The van der Waals surface area contributed by atoms with Crippen LogP contribution in [0.3, 0.4) is 0 Å². The van der Waals surface area contributed by atoms with Crippen molar-refractivity contribution >= 4 is 9.84 Å². The zero-order chi connectivity index (χ0) is 14.2. The molecule has 2 bridgehead atoms. The molecule has 116 valence electrons. The lowest BCUT2D eigenvalue weighted by Gasteiger charge is -2.43. The molecule has 0 amide bonds. The Morgan fingerprint density at radius 1 is 1.10 bits per heavy atom. The SMILES string of the molecule is CCCN(C1CC2CCC(C1)N2)C1CCCS(=O)(=O)C1. The van der Waals surface area contributed by atoms with Crippen molar-refractivity contribution in [3.63, 3.8) is 0 Å². The third-order valence-electron chi connectivity index (χ3n) is 5.31. The molecule has 20 heavy (non-hydrogen) atoms. The number of piperidine rings is 1. The van der Waals surface area contributed by atoms with Crippen LogP contribution in [0.25, 0.3) is 0 Å². The molecule has 0 aromatic carbocycles. The van der Waals surface area contributed by atoms with E-state index in [1.54, 1.807) is 0 Å². The van der Waals surface area contributed by atoms with Gasteiger partial charge in [-0.15, -0.1) is 0 Å². The van der Waals surface area contributed by atoms with Gasteiger partial charge in [0, 0.05) is 24.2 Å². The van der Waals surface area contributed by atoms with Gasteiger partial charge < -0.3 is 5.32 Å². The number of sulfone groups is 1. The second kappa shape index (κ2) is 5.93. The fraction of sp³-hybridized carbons (Fsp3) is 1.00. The van der Waals surface area contributed by atoms with Crippen LogP contribution in [0.4, 0.5) is 0 Å². The van der Waals surface area contributed by atoms with Gasteiger partial charge in [-0.1, -0.05) is 6.92 Å². The summed E-state index contributed by atoms with van der Waals surface area (Å²) in [6.07, 6.45) is 8.09. The smallest absolute Gasteiger partial charge is 0.151 e. The maximum atomic E-state index is 12.0. The summed E-state index contributed by atoms with van der Waals surface area (Å²) in [6.45, 7) is 3.27. The summed E-state index contributed by atoms with van der Waals surface area (Å²) in [4.78, 5) is 2.56. The first-order valence-electron chi connectivity index (χ1n) is 8.29. The lowest BCUT2D eigenvalue weighted by Crippen LogP contribution is -2.54. The van der Waals surface area contributed by atoms with Crippen LogP contribution in [-0.2, 0) is 9.84 Å². The van der Waals surface area contributed by atoms with Crippen LogP contribution in [0, 0.1) is 0 Å². The molecule has 4 nitrogen and oxygen atoms in total. The molecule has 3 aliphatic heterocycles. The molecule has 3 rings (SSSR count). The molecule has 0 spiro atoms. The number of hydrogen-bond acceptors (Lipinski definition) is 4. The predicted molar refractivity (Wildman–Crippen MR) is 81.6 cm³/mol. The molecule has 5 heteroatoms. The van der Waals surface area contributed by atoms with Crippen molar-refractivity contribution in [2.75, 3.05) is 18.1 Å². The van der Waals surface area contributed by atoms with Gasteiger partial charge in [-0.25, -0.2) is 8.42 Å². The van der Waals surface area contributed by atoms with E-state index in [4.69, 9.17) is 0 Å². The highest BCUT2D eigenvalue weighted by Gasteiger charge is 2.39. The van der Waals surface area contributed by atoms with Crippen LogP contribution >= 0.6 is 0 Å². The molecule has 3 saturated heterocycles. The summed E-state index contributed by atoms with van der Waals surface area (Å²) >= 11 is 0. The molecule has 0 aliphatic carbocycles. The summed E-state index contributed by atoms with van der Waals surface area (Å²) in [5.41, 5.74) is 0. The third kappa shape index (κ3) is 3.20. The second-order valence-corrected chi connectivity index (χ2v) is 9.14. The van der Waals surface area contributed by atoms with Gasteiger partial charge in [-0.3, -0.25) is 4.90 Å². The molecule has 3 fully saturated rings. The fourth-order valence-corrected chi connectivity index (χ4v) is 6.20. The van der Waals surface area contributed by atoms with E-state index >= 15 is 0 Å². The van der Waals surface area contributed by atoms with E-state index in [9.17, 15) is 8.42 Å². The first-order chi connectivity index (χ1) is 9.57. The van der Waals surface area contributed by atoms with Crippen molar-refractivity contribution in [2.24, 2.45) is 0 Å². The standard InChI is InChI=1S/C15H28N2O2S/c1-2-7-17(14-4-3-8-20(18,19)11-14)15-9-12-5-6-13(10-15)16-12/h12-16H,2-11H2,1H3. The molecular formula is C15H28N2O2S. The van der Waals surface area contributed by atoms with Crippen LogP contribution in [0.1, 0.15) is 51.9 Å². The Labute approximate surface area is 123 Å². The van der Waals surface area contributed by atoms with Crippen LogP contribution in [0.15, 0.2) is 0 Å². The molecule has 1 N–H and O–H groups in total. The van der Waals surface area contributed by atoms with Crippen molar-refractivity contribution in [2.45, 2.75) is 76.0 Å². The Bertz CT molecular complexity index is 425. The molecule has 3 heterocycles. The summed E-state index contributed by atoms with van der Waals surface area (Å²) in [6, 6.07) is 2.24. The molecule has 3 aliphatic rings. The molecule has 0 aromatic rings. The Hall–Kier alpha value is -0.130. The van der Waals surface area contributed by atoms with Gasteiger partial charge in [0.2, 0.25) is 0 Å². The second-order valence-electron chi connectivity index (χ2n) is 6.91. The first-order valence-corrected chi connectivity index (χ1v) is 10.1. The average molecular weight is 300 g/mol. The molecule has 0 aromatic heterocycles. The summed E-state index contributed by atoms with van der Waals surface area (Å²) in [5, 5.41) is 3.69. The maximum Gasteiger partial charge on any atom is 0.151 e. The fourth-order valence-electron chi connectivity index (χ4n) is 4.48. The highest BCUT2D eigenvalue weighted by molar-refractivity contribution is 7.91. The van der Waals surface area contributed by atoms with Gasteiger partial charge in [0.1, 0.15) is 0 Å². The number of hydrogen-bond donors (Lipinski definition) is 1. The van der Waals surface area contributed by atoms with E-state index < -0.39 is 9.84 Å². The Kier molecular flexibility index (Phi) is 4.39. The lowest BCUT2D eigenvalue weighted by molar-refractivity contribution is 0.0960. The first kappa shape index (κ1) is 14.8. The Morgan fingerprint density at radius 2 is 1.80 bits per heavy atom. The van der Waals surface area contributed by atoms with Crippen molar-refractivity contribution in [1.29, 1.82) is 0 Å². The van der Waals surface area contributed by atoms with E-state index in [1.165, 1.54) is 25.7 Å². The molecule has 3 unspecified atom stereocenters. The van der Waals surface area contributed by atoms with E-state index in [0.717, 1.165) is 25.8 Å². The van der Waals surface area contributed by atoms with E-state index in [0.29, 0.717) is 29.6 Å². The zero-order valence-corrected chi connectivity index (χ0v) is 13.4. The predicted octanol–water partition coefficient (Wildman–Crippen LogP) is 1.56. The molecule has 3 atom stereocenters. The van der Waals surface area contributed by atoms with E-state index in [-0.39, 0.29) is 6.04 Å². The molecule has 0 radical (unpaired) electrons. The van der Waals surface area contributed by atoms with Gasteiger partial charge in [0.15, 0.2) is 9.84 Å². The van der Waals surface area contributed by atoms with E-state index in [2.05, 4.69) is 17.1 Å². The number of nitrogens with zero attached hydrogens (tertiary/aromatic N) is 1. The monoisotopic (exact) mass is 300 g/mol. The Balaban J connectivity index is 1.71. The van der Waals surface area contributed by atoms with Gasteiger partial charge in [0.05, 0.1) is 11.5 Å². The van der Waals surface area contributed by atoms with Gasteiger partial charge >= 0.3 is 0 Å².